The van der Waals surface area contributed by atoms with Gasteiger partial charge in [0.15, 0.2) is 0 Å². The number of unbranched alkanes of at least 4 members (excludes halogenated alkanes) is 1. The highest BCUT2D eigenvalue weighted by atomic mass is 16.6. The normalized spacial score (nSPS) is 8.73. The van der Waals surface area contributed by atoms with Crippen molar-refractivity contribution < 1.29 is 15.0 Å². The molecule has 0 aromatic heterocycles. The van der Waals surface area contributed by atoms with Gasteiger partial charge in [-0.25, -0.2) is 4.79 Å². The fourth-order valence-corrected chi connectivity index (χ4v) is 0.612. The van der Waals surface area contributed by atoms with E-state index in [1.165, 1.54) is 19.3 Å². The summed E-state index contributed by atoms with van der Waals surface area (Å²) in [5.41, 5.74) is 0. The van der Waals surface area contributed by atoms with Crippen LogP contribution in [0.3, 0.4) is 0 Å². The second kappa shape index (κ2) is 9.27. The minimum atomic E-state index is -1.83. The summed E-state index contributed by atoms with van der Waals surface area (Å²) in [5, 5.41) is 13.9. The molecule has 3 nitrogen and oxygen atoms in total. The van der Waals surface area contributed by atoms with Crippen LogP contribution in [0.15, 0.2) is 0 Å². The van der Waals surface area contributed by atoms with Crippen molar-refractivity contribution in [2.24, 2.45) is 5.92 Å². The molecule has 0 aliphatic heterocycles. The Kier molecular flexibility index (Phi) is 10.9. The molecule has 0 aromatic rings. The van der Waals surface area contributed by atoms with Crippen LogP contribution in [0.25, 0.3) is 0 Å². The number of hydrogen-bond donors (Lipinski definition) is 2. The monoisotopic (exact) mass is 162 g/mol. The molecule has 0 bridgehead atoms. The van der Waals surface area contributed by atoms with Crippen LogP contribution >= 0.6 is 0 Å². The Labute approximate surface area is 68.0 Å². The van der Waals surface area contributed by atoms with Gasteiger partial charge in [-0.15, -0.1) is 0 Å². The summed E-state index contributed by atoms with van der Waals surface area (Å²) in [6.45, 7) is 6.79. The maximum absolute atomic E-state index is 8.56. The smallest absolute Gasteiger partial charge is 0.450 e. The summed E-state index contributed by atoms with van der Waals surface area (Å²) < 4.78 is 0. The molecular formula is C8H18O3. The molecule has 0 saturated heterocycles. The van der Waals surface area contributed by atoms with Crippen molar-refractivity contribution >= 4 is 6.16 Å². The molecule has 0 rings (SSSR count). The van der Waals surface area contributed by atoms with Gasteiger partial charge >= 0.3 is 6.16 Å². The Balaban J connectivity index is 0. The summed E-state index contributed by atoms with van der Waals surface area (Å²) >= 11 is 0. The van der Waals surface area contributed by atoms with E-state index in [9.17, 15) is 0 Å². The summed E-state index contributed by atoms with van der Waals surface area (Å²) in [7, 11) is 0. The maximum Gasteiger partial charge on any atom is 0.503 e. The topological polar surface area (TPSA) is 57.5 Å². The lowest BCUT2D eigenvalue weighted by molar-refractivity contribution is 0.137. The summed E-state index contributed by atoms with van der Waals surface area (Å²) in [6.07, 6.45) is 2.31. The molecule has 0 saturated carbocycles. The van der Waals surface area contributed by atoms with Gasteiger partial charge in [0, 0.05) is 0 Å². The van der Waals surface area contributed by atoms with Gasteiger partial charge in [0.05, 0.1) is 0 Å². The first kappa shape index (κ1) is 12.9. The molecule has 0 heterocycles. The van der Waals surface area contributed by atoms with E-state index in [0.29, 0.717) is 0 Å². The summed E-state index contributed by atoms with van der Waals surface area (Å²) in [5.74, 6) is 0.903. The Morgan fingerprint density at radius 2 is 1.73 bits per heavy atom. The fourth-order valence-electron chi connectivity index (χ4n) is 0.612. The van der Waals surface area contributed by atoms with E-state index in [2.05, 4.69) is 20.8 Å². The van der Waals surface area contributed by atoms with Crippen molar-refractivity contribution in [2.45, 2.75) is 40.0 Å². The molecule has 2 N–H and O–H groups in total. The number of rotatable bonds is 3. The van der Waals surface area contributed by atoms with Crippen molar-refractivity contribution in [3.8, 4) is 0 Å². The van der Waals surface area contributed by atoms with Gasteiger partial charge in [-0.05, 0) is 5.92 Å². The highest BCUT2D eigenvalue weighted by Crippen LogP contribution is 2.04. The average molecular weight is 162 g/mol. The number of hydrogen-bond acceptors (Lipinski definition) is 1. The maximum atomic E-state index is 8.56. The van der Waals surface area contributed by atoms with Crippen LogP contribution in [-0.2, 0) is 0 Å². The van der Waals surface area contributed by atoms with Crippen LogP contribution in [0.4, 0.5) is 4.79 Å². The molecule has 3 heteroatoms. The third-order valence-corrected chi connectivity index (χ3v) is 1.14. The van der Waals surface area contributed by atoms with E-state index in [1.54, 1.807) is 0 Å². The van der Waals surface area contributed by atoms with E-state index in [-0.39, 0.29) is 0 Å². The lowest BCUT2D eigenvalue weighted by Crippen LogP contribution is -1.83. The number of carbonyl (C=O) groups is 1. The molecule has 0 aliphatic carbocycles. The number of carboxylic acid groups (broad SMARTS) is 2. The Morgan fingerprint density at radius 3 is 1.82 bits per heavy atom. The minimum Gasteiger partial charge on any atom is -0.450 e. The second-order valence-corrected chi connectivity index (χ2v) is 2.82. The lowest BCUT2D eigenvalue weighted by atomic mass is 10.1. The highest BCUT2D eigenvalue weighted by Gasteiger charge is 1.88. The molecule has 0 radical (unpaired) electrons. The molecule has 0 amide bonds. The molecule has 0 aliphatic rings. The van der Waals surface area contributed by atoms with Crippen LogP contribution in [0.5, 0.6) is 0 Å². The van der Waals surface area contributed by atoms with Gasteiger partial charge < -0.3 is 10.2 Å². The first-order chi connectivity index (χ1) is 5.00. The zero-order chi connectivity index (χ0) is 9.28. The predicted molar refractivity (Wildman–Crippen MR) is 45.0 cm³/mol. The third-order valence-electron chi connectivity index (χ3n) is 1.14. The van der Waals surface area contributed by atoms with Crippen molar-refractivity contribution in [1.82, 2.24) is 0 Å². The Hall–Kier alpha value is -0.730. The van der Waals surface area contributed by atoms with E-state index in [4.69, 9.17) is 15.0 Å². The molecule has 68 valence electrons. The van der Waals surface area contributed by atoms with E-state index in [1.807, 2.05) is 0 Å². The zero-order valence-corrected chi connectivity index (χ0v) is 7.50. The van der Waals surface area contributed by atoms with E-state index in [0.717, 1.165) is 5.92 Å². The quantitative estimate of drug-likeness (QED) is 0.670. The molecule has 0 unspecified atom stereocenters. The van der Waals surface area contributed by atoms with Crippen molar-refractivity contribution in [3.05, 3.63) is 0 Å². The zero-order valence-electron chi connectivity index (χ0n) is 7.50. The average Bonchev–Trinajstić information content (AvgIpc) is 1.82. The Bertz CT molecular complexity index is 85.3. The van der Waals surface area contributed by atoms with Crippen LogP contribution in [0.2, 0.25) is 0 Å². The second-order valence-electron chi connectivity index (χ2n) is 2.82. The van der Waals surface area contributed by atoms with Gasteiger partial charge in [-0.2, -0.15) is 0 Å². The summed E-state index contributed by atoms with van der Waals surface area (Å²) in [4.78, 5) is 8.56. The van der Waals surface area contributed by atoms with Crippen LogP contribution < -0.4 is 0 Å². The van der Waals surface area contributed by atoms with Crippen molar-refractivity contribution in [3.63, 3.8) is 0 Å². The first-order valence-electron chi connectivity index (χ1n) is 3.92. The largest absolute Gasteiger partial charge is 0.503 e. The lowest BCUT2D eigenvalue weighted by Gasteiger charge is -1.98. The fraction of sp³-hybridized carbons (Fsp3) is 0.875. The molecule has 0 aromatic carbocycles. The van der Waals surface area contributed by atoms with Gasteiger partial charge in [0.25, 0.3) is 0 Å². The molecule has 0 fully saturated rings. The summed E-state index contributed by atoms with van der Waals surface area (Å²) in [6, 6.07) is 0. The van der Waals surface area contributed by atoms with Gasteiger partial charge in [0.2, 0.25) is 0 Å². The molecule has 0 atom stereocenters. The predicted octanol–water partition coefficient (Wildman–Crippen LogP) is 3.06. The molecule has 0 spiro atoms. The first-order valence-corrected chi connectivity index (χ1v) is 3.92. The van der Waals surface area contributed by atoms with Gasteiger partial charge in [0.1, 0.15) is 0 Å². The minimum absolute atomic E-state index is 0.903. The standard InChI is InChI=1S/C7H16.CH2O3/c1-4-5-6-7(2)3;2-1(3)4/h7H,4-6H2,1-3H3;(H2,2,3,4). The SMILES string of the molecule is CCCCC(C)C.O=C(O)O. The van der Waals surface area contributed by atoms with Crippen LogP contribution in [0.1, 0.15) is 40.0 Å². The third kappa shape index (κ3) is 45.8. The van der Waals surface area contributed by atoms with Gasteiger partial charge in [-0.1, -0.05) is 40.0 Å². The molecule has 11 heavy (non-hydrogen) atoms. The Morgan fingerprint density at radius 1 is 1.36 bits per heavy atom. The highest BCUT2D eigenvalue weighted by molar-refractivity contribution is 5.53. The van der Waals surface area contributed by atoms with E-state index < -0.39 is 6.16 Å². The van der Waals surface area contributed by atoms with Gasteiger partial charge in [-0.3, -0.25) is 0 Å². The van der Waals surface area contributed by atoms with E-state index >= 15 is 0 Å². The van der Waals surface area contributed by atoms with Crippen LogP contribution in [0, 0.1) is 5.92 Å². The molecular weight excluding hydrogens is 144 g/mol. The van der Waals surface area contributed by atoms with Crippen molar-refractivity contribution in [1.29, 1.82) is 0 Å². The van der Waals surface area contributed by atoms with Crippen molar-refractivity contribution in [2.75, 3.05) is 0 Å². The van der Waals surface area contributed by atoms with Crippen LogP contribution in [-0.4, -0.2) is 16.4 Å².